The Morgan fingerprint density at radius 1 is 1.30 bits per heavy atom. The minimum Gasteiger partial charge on any atom is -0.349 e. The van der Waals surface area contributed by atoms with Crippen molar-refractivity contribution in [3.63, 3.8) is 0 Å². The van der Waals surface area contributed by atoms with Crippen LogP contribution < -0.4 is 16.6 Å². The zero-order valence-corrected chi connectivity index (χ0v) is 12.2. The fourth-order valence-electron chi connectivity index (χ4n) is 2.31. The number of sulfone groups is 1. The predicted molar refractivity (Wildman–Crippen MR) is 78.1 cm³/mol. The number of carbonyl (C=O) groups excluding carboxylic acids is 1. The van der Waals surface area contributed by atoms with Gasteiger partial charge in [0.1, 0.15) is 9.84 Å². The molecule has 1 amide bonds. The largest absolute Gasteiger partial charge is 0.349 e. The van der Waals surface area contributed by atoms with E-state index in [1.807, 2.05) is 6.92 Å². The maximum absolute atomic E-state index is 12.2. The van der Waals surface area contributed by atoms with Crippen LogP contribution in [0, 0.1) is 6.92 Å². The van der Waals surface area contributed by atoms with Gasteiger partial charge in [-0.3, -0.25) is 10.6 Å². The molecule has 0 radical (unpaired) electrons. The first-order chi connectivity index (χ1) is 9.41. The Kier molecular flexibility index (Phi) is 4.29. The van der Waals surface area contributed by atoms with Crippen LogP contribution in [0.15, 0.2) is 18.2 Å². The van der Waals surface area contributed by atoms with Gasteiger partial charge in [-0.05, 0) is 43.5 Å². The van der Waals surface area contributed by atoms with Crippen LogP contribution in [0.4, 0.5) is 5.69 Å². The molecule has 1 aromatic rings. The van der Waals surface area contributed by atoms with Gasteiger partial charge in [0.15, 0.2) is 0 Å². The molecule has 0 saturated carbocycles. The van der Waals surface area contributed by atoms with Gasteiger partial charge in [-0.25, -0.2) is 8.42 Å². The second kappa shape index (κ2) is 5.80. The van der Waals surface area contributed by atoms with Crippen molar-refractivity contribution < 1.29 is 13.2 Å². The van der Waals surface area contributed by atoms with Gasteiger partial charge < -0.3 is 10.7 Å². The number of hydrogen-bond donors (Lipinski definition) is 3. The Labute approximate surface area is 118 Å². The molecule has 1 heterocycles. The molecule has 1 aliphatic heterocycles. The fraction of sp³-hybridized carbons (Fsp3) is 0.462. The van der Waals surface area contributed by atoms with Crippen molar-refractivity contribution in [2.24, 2.45) is 5.84 Å². The van der Waals surface area contributed by atoms with Crippen LogP contribution in [0.2, 0.25) is 0 Å². The van der Waals surface area contributed by atoms with Gasteiger partial charge in [-0.15, -0.1) is 0 Å². The summed E-state index contributed by atoms with van der Waals surface area (Å²) in [5.41, 5.74) is 4.67. The topological polar surface area (TPSA) is 101 Å². The highest BCUT2D eigenvalue weighted by atomic mass is 32.2. The van der Waals surface area contributed by atoms with Gasteiger partial charge in [0, 0.05) is 17.3 Å². The number of benzene rings is 1. The van der Waals surface area contributed by atoms with Gasteiger partial charge >= 0.3 is 0 Å². The molecular weight excluding hydrogens is 278 g/mol. The number of carbonyl (C=O) groups is 1. The number of nitrogens with two attached hydrogens (primary N) is 1. The molecule has 0 aliphatic carbocycles. The molecule has 0 spiro atoms. The molecule has 1 aliphatic rings. The Bertz CT molecular complexity index is 599. The second-order valence-electron chi connectivity index (χ2n) is 5.07. The summed E-state index contributed by atoms with van der Waals surface area (Å²) in [4.78, 5) is 12.2. The normalized spacial score (nSPS) is 18.5. The maximum atomic E-state index is 12.2. The first-order valence-corrected chi connectivity index (χ1v) is 8.32. The number of amides is 1. The van der Waals surface area contributed by atoms with Gasteiger partial charge in [0.2, 0.25) is 0 Å². The van der Waals surface area contributed by atoms with E-state index in [4.69, 9.17) is 5.84 Å². The summed E-state index contributed by atoms with van der Waals surface area (Å²) in [5, 5.41) is 2.90. The Morgan fingerprint density at radius 3 is 2.50 bits per heavy atom. The average molecular weight is 297 g/mol. The minimum atomic E-state index is -2.91. The molecule has 0 bridgehead atoms. The van der Waals surface area contributed by atoms with Crippen LogP contribution in [0.25, 0.3) is 0 Å². The quantitative estimate of drug-likeness (QED) is 0.560. The Morgan fingerprint density at radius 2 is 1.95 bits per heavy atom. The predicted octanol–water partition coefficient (Wildman–Crippen LogP) is 0.588. The van der Waals surface area contributed by atoms with E-state index in [-0.39, 0.29) is 23.5 Å². The first kappa shape index (κ1) is 14.8. The third-order valence-electron chi connectivity index (χ3n) is 3.53. The van der Waals surface area contributed by atoms with Crippen LogP contribution in [-0.2, 0) is 9.84 Å². The lowest BCUT2D eigenvalue weighted by Gasteiger charge is -2.23. The molecule has 2 rings (SSSR count). The smallest absolute Gasteiger partial charge is 0.251 e. The summed E-state index contributed by atoms with van der Waals surface area (Å²) < 4.78 is 22.7. The van der Waals surface area contributed by atoms with Crippen LogP contribution in [0.1, 0.15) is 28.8 Å². The monoisotopic (exact) mass is 297 g/mol. The lowest BCUT2D eigenvalue weighted by molar-refractivity contribution is 0.0933. The molecule has 4 N–H and O–H groups in total. The van der Waals surface area contributed by atoms with E-state index in [0.717, 1.165) is 11.3 Å². The van der Waals surface area contributed by atoms with Crippen molar-refractivity contribution in [2.45, 2.75) is 25.8 Å². The summed E-state index contributed by atoms with van der Waals surface area (Å²) in [7, 11) is -2.91. The molecule has 1 aromatic carbocycles. The number of rotatable bonds is 3. The highest BCUT2D eigenvalue weighted by Crippen LogP contribution is 2.16. The molecule has 6 nitrogen and oxygen atoms in total. The minimum absolute atomic E-state index is 0.0715. The van der Waals surface area contributed by atoms with E-state index >= 15 is 0 Å². The number of hydrazine groups is 1. The van der Waals surface area contributed by atoms with Crippen LogP contribution >= 0.6 is 0 Å². The summed E-state index contributed by atoms with van der Waals surface area (Å²) >= 11 is 0. The molecule has 110 valence electrons. The summed E-state index contributed by atoms with van der Waals surface area (Å²) in [6.07, 6.45) is 0.963. The van der Waals surface area contributed by atoms with Crippen LogP contribution in [0.3, 0.4) is 0 Å². The molecule has 7 heteroatoms. The number of anilines is 1. The number of hydrogen-bond acceptors (Lipinski definition) is 5. The van der Waals surface area contributed by atoms with E-state index in [0.29, 0.717) is 18.4 Å². The van der Waals surface area contributed by atoms with Gasteiger partial charge in [0.25, 0.3) is 5.91 Å². The third-order valence-corrected chi connectivity index (χ3v) is 5.24. The van der Waals surface area contributed by atoms with Crippen LogP contribution in [0.5, 0.6) is 0 Å². The van der Waals surface area contributed by atoms with Crippen LogP contribution in [-0.4, -0.2) is 31.9 Å². The zero-order chi connectivity index (χ0) is 14.8. The molecule has 0 unspecified atom stereocenters. The third kappa shape index (κ3) is 3.49. The molecule has 0 atom stereocenters. The molecule has 1 fully saturated rings. The number of nitrogens with one attached hydrogen (secondary N) is 2. The second-order valence-corrected chi connectivity index (χ2v) is 7.38. The molecule has 0 aromatic heterocycles. The van der Waals surface area contributed by atoms with Gasteiger partial charge in [-0.2, -0.15) is 0 Å². The summed E-state index contributed by atoms with van der Waals surface area (Å²) in [6.45, 7) is 1.83. The lowest BCUT2D eigenvalue weighted by Crippen LogP contribution is -2.41. The summed E-state index contributed by atoms with van der Waals surface area (Å²) in [6, 6.07) is 5.16. The van der Waals surface area contributed by atoms with Crippen molar-refractivity contribution in [2.75, 3.05) is 16.9 Å². The lowest BCUT2D eigenvalue weighted by atomic mass is 10.1. The number of aryl methyl sites for hydroxylation is 1. The van der Waals surface area contributed by atoms with Gasteiger partial charge in [-0.1, -0.05) is 0 Å². The molecule has 20 heavy (non-hydrogen) atoms. The van der Waals surface area contributed by atoms with Crippen molar-refractivity contribution in [1.82, 2.24) is 5.32 Å². The van der Waals surface area contributed by atoms with Crippen molar-refractivity contribution >= 4 is 21.4 Å². The average Bonchev–Trinajstić information content (AvgIpc) is 2.40. The summed E-state index contributed by atoms with van der Waals surface area (Å²) in [5.74, 6) is 5.43. The Balaban J connectivity index is 2.02. The SMILES string of the molecule is Cc1cc(NN)ccc1C(=O)NC1CCS(=O)(=O)CC1. The van der Waals surface area contributed by atoms with E-state index in [9.17, 15) is 13.2 Å². The molecular formula is C13H19N3O3S. The highest BCUT2D eigenvalue weighted by molar-refractivity contribution is 7.91. The Hall–Kier alpha value is -1.60. The fourth-order valence-corrected chi connectivity index (χ4v) is 3.80. The van der Waals surface area contributed by atoms with E-state index in [2.05, 4.69) is 10.7 Å². The van der Waals surface area contributed by atoms with Crippen molar-refractivity contribution in [1.29, 1.82) is 0 Å². The number of nitrogen functional groups attached to an aromatic ring is 1. The van der Waals surface area contributed by atoms with Crippen molar-refractivity contribution in [3.8, 4) is 0 Å². The maximum Gasteiger partial charge on any atom is 0.251 e. The van der Waals surface area contributed by atoms with E-state index in [1.54, 1.807) is 18.2 Å². The zero-order valence-electron chi connectivity index (χ0n) is 11.3. The first-order valence-electron chi connectivity index (χ1n) is 6.50. The van der Waals surface area contributed by atoms with Crippen molar-refractivity contribution in [3.05, 3.63) is 29.3 Å². The van der Waals surface area contributed by atoms with E-state index in [1.165, 1.54) is 0 Å². The molecule has 1 saturated heterocycles. The van der Waals surface area contributed by atoms with E-state index < -0.39 is 9.84 Å². The highest BCUT2D eigenvalue weighted by Gasteiger charge is 2.25. The standard InChI is InChI=1S/C13H19N3O3S/c1-9-8-11(16-14)2-3-12(9)13(17)15-10-4-6-20(18,19)7-5-10/h2-3,8,10,16H,4-7,14H2,1H3,(H,15,17). The van der Waals surface area contributed by atoms with Gasteiger partial charge in [0.05, 0.1) is 11.5 Å².